The van der Waals surface area contributed by atoms with Crippen LogP contribution >= 0.6 is 0 Å². The molecule has 3 aromatic heterocycles. The number of carbonyl (C=O) groups is 1. The summed E-state index contributed by atoms with van der Waals surface area (Å²) in [6, 6.07) is 8.26. The number of alkyl halides is 3. The molecular weight excluding hydrogens is 545 g/mol. The zero-order valence-corrected chi connectivity index (χ0v) is 22.4. The first-order valence-electron chi connectivity index (χ1n) is 12.6. The lowest BCUT2D eigenvalue weighted by molar-refractivity contribution is -0.138. The van der Waals surface area contributed by atoms with Gasteiger partial charge in [0.15, 0.2) is 0 Å². The van der Waals surface area contributed by atoms with Crippen molar-refractivity contribution in [3.8, 4) is 11.5 Å². The first kappa shape index (κ1) is 28.1. The van der Waals surface area contributed by atoms with E-state index in [0.29, 0.717) is 41.4 Å². The van der Waals surface area contributed by atoms with Crippen molar-refractivity contribution < 1.29 is 32.2 Å². The molecule has 41 heavy (non-hydrogen) atoms. The highest BCUT2D eigenvalue weighted by Gasteiger charge is 2.35. The second-order valence-corrected chi connectivity index (χ2v) is 9.49. The summed E-state index contributed by atoms with van der Waals surface area (Å²) in [6.45, 7) is 1.79. The van der Waals surface area contributed by atoms with Crippen LogP contribution in [0.3, 0.4) is 0 Å². The van der Waals surface area contributed by atoms with Crippen molar-refractivity contribution >= 4 is 34.4 Å². The number of nitrogens with zero attached hydrogens (tertiary/aromatic N) is 4. The van der Waals surface area contributed by atoms with Crippen molar-refractivity contribution in [2.24, 2.45) is 7.05 Å². The van der Waals surface area contributed by atoms with Crippen molar-refractivity contribution in [2.45, 2.75) is 31.7 Å². The molecule has 1 aliphatic heterocycles. The van der Waals surface area contributed by atoms with E-state index in [1.54, 1.807) is 41.9 Å². The van der Waals surface area contributed by atoms with Crippen LogP contribution in [0.2, 0.25) is 0 Å². The minimum absolute atomic E-state index is 0.0397. The van der Waals surface area contributed by atoms with Gasteiger partial charge in [-0.15, -0.1) is 0 Å². The summed E-state index contributed by atoms with van der Waals surface area (Å²) in [5.41, 5.74) is -0.848. The Labute approximate surface area is 231 Å². The third-order valence-electron chi connectivity index (χ3n) is 6.66. The van der Waals surface area contributed by atoms with E-state index in [0.717, 1.165) is 16.8 Å². The maximum Gasteiger partial charge on any atom is 0.417 e. The van der Waals surface area contributed by atoms with E-state index in [2.05, 4.69) is 20.6 Å². The highest BCUT2D eigenvalue weighted by molar-refractivity contribution is 5.87. The number of benzene rings is 1. The molecule has 0 spiro atoms. The zero-order chi connectivity index (χ0) is 29.3. The second kappa shape index (κ2) is 11.2. The fraction of sp³-hybridized carbons (Fsp3) is 0.333. The molecule has 14 heteroatoms. The Bertz CT molecular complexity index is 1650. The monoisotopic (exact) mass is 572 g/mol. The molecule has 1 aromatic carbocycles. The third-order valence-corrected chi connectivity index (χ3v) is 6.66. The van der Waals surface area contributed by atoms with E-state index < -0.39 is 29.4 Å². The molecule has 0 bridgehead atoms. The molecule has 216 valence electrons. The molecule has 1 fully saturated rings. The lowest BCUT2D eigenvalue weighted by atomic mass is 10.1. The number of amides is 1. The molecule has 1 aliphatic rings. The Morgan fingerprint density at radius 1 is 1.17 bits per heavy atom. The quantitative estimate of drug-likeness (QED) is 0.329. The predicted molar refractivity (Wildman–Crippen MR) is 144 cm³/mol. The number of fused-ring (bicyclic) bond motifs is 1. The average Bonchev–Trinajstić information content (AvgIpc) is 3.23. The van der Waals surface area contributed by atoms with Crippen molar-refractivity contribution in [1.82, 2.24) is 19.1 Å². The number of pyridine rings is 2. The molecule has 2 N–H and O–H groups in total. The molecule has 0 aliphatic carbocycles. The SMILES string of the molecule is CO[C@@H]1CCOC[C@H]1n1cc(C(F)(F)F)cc(Nc2nc3ccc(Oc4ccnc(NC(C)=O)c4)cc3n2C)c1=O. The number of halogens is 3. The standard InChI is InChI=1S/C27H27F3N6O5/c1-15(37)32-24-12-18(6-8-31-24)41-17-4-5-19-21(11-17)35(2)26(33-19)34-20-10-16(27(28,29)30)13-36(25(20)38)22-14-40-9-7-23(22)39-3/h4-6,8,10-13,22-23H,7,9,14H2,1-3H3,(H,33,34)(H,31,32,37)/t22-,23-/m1/s1. The maximum absolute atomic E-state index is 13.9. The minimum atomic E-state index is -4.70. The van der Waals surface area contributed by atoms with Crippen LogP contribution in [0, 0.1) is 0 Å². The van der Waals surface area contributed by atoms with Gasteiger partial charge in [-0.1, -0.05) is 0 Å². The number of ether oxygens (including phenoxy) is 3. The molecular formula is C27H27F3N6O5. The van der Waals surface area contributed by atoms with Crippen LogP contribution in [0.1, 0.15) is 24.9 Å². The molecule has 1 saturated heterocycles. The van der Waals surface area contributed by atoms with Crippen LogP contribution < -0.4 is 20.9 Å². The van der Waals surface area contributed by atoms with Gasteiger partial charge in [-0.25, -0.2) is 9.97 Å². The van der Waals surface area contributed by atoms with Crippen molar-refractivity contribution in [1.29, 1.82) is 0 Å². The van der Waals surface area contributed by atoms with Crippen LogP contribution in [0.15, 0.2) is 53.6 Å². The lowest BCUT2D eigenvalue weighted by Crippen LogP contribution is -2.41. The van der Waals surface area contributed by atoms with Gasteiger partial charge in [0.1, 0.15) is 23.0 Å². The molecule has 2 atom stereocenters. The average molecular weight is 573 g/mol. The number of anilines is 3. The summed E-state index contributed by atoms with van der Waals surface area (Å²) in [6.07, 6.45) is -2.46. The zero-order valence-electron chi connectivity index (χ0n) is 22.4. The third kappa shape index (κ3) is 6.02. The van der Waals surface area contributed by atoms with Gasteiger partial charge in [0, 0.05) is 52.2 Å². The molecule has 4 heterocycles. The van der Waals surface area contributed by atoms with Gasteiger partial charge in [-0.05, 0) is 30.7 Å². The Balaban J connectivity index is 1.48. The molecule has 0 saturated carbocycles. The lowest BCUT2D eigenvalue weighted by Gasteiger charge is -2.32. The van der Waals surface area contributed by atoms with Gasteiger partial charge in [-0.2, -0.15) is 13.2 Å². The van der Waals surface area contributed by atoms with Crippen LogP contribution in [0.25, 0.3) is 11.0 Å². The van der Waals surface area contributed by atoms with Gasteiger partial charge in [0.25, 0.3) is 5.56 Å². The number of carbonyl (C=O) groups excluding carboxylic acids is 1. The van der Waals surface area contributed by atoms with Crippen molar-refractivity contribution in [2.75, 3.05) is 31.0 Å². The first-order valence-corrected chi connectivity index (χ1v) is 12.6. The Kier molecular flexibility index (Phi) is 7.69. The van der Waals surface area contributed by atoms with Crippen LogP contribution in [0.5, 0.6) is 11.5 Å². The van der Waals surface area contributed by atoms with E-state index in [9.17, 15) is 22.8 Å². The number of imidazole rings is 1. The normalized spacial score (nSPS) is 17.4. The molecule has 0 radical (unpaired) electrons. The topological polar surface area (TPSA) is 122 Å². The number of methoxy groups -OCH3 is 1. The second-order valence-electron chi connectivity index (χ2n) is 9.49. The molecule has 0 unspecified atom stereocenters. The van der Waals surface area contributed by atoms with E-state index in [1.807, 2.05) is 0 Å². The Morgan fingerprint density at radius 3 is 2.68 bits per heavy atom. The largest absolute Gasteiger partial charge is 0.457 e. The van der Waals surface area contributed by atoms with E-state index >= 15 is 0 Å². The van der Waals surface area contributed by atoms with Gasteiger partial charge in [0.05, 0.1) is 35.3 Å². The number of aromatic nitrogens is 4. The highest BCUT2D eigenvalue weighted by Crippen LogP contribution is 2.33. The summed E-state index contributed by atoms with van der Waals surface area (Å²) in [5.74, 6) is 1.07. The summed E-state index contributed by atoms with van der Waals surface area (Å²) in [5, 5.41) is 5.38. The van der Waals surface area contributed by atoms with Crippen molar-refractivity contribution in [3.05, 3.63) is 64.7 Å². The number of nitrogens with one attached hydrogen (secondary N) is 2. The summed E-state index contributed by atoms with van der Waals surface area (Å²) in [7, 11) is 3.11. The molecule has 1 amide bonds. The number of aryl methyl sites for hydroxylation is 1. The van der Waals surface area contributed by atoms with Gasteiger partial charge in [-0.3, -0.25) is 9.59 Å². The molecule has 4 aromatic rings. The Morgan fingerprint density at radius 2 is 1.95 bits per heavy atom. The number of rotatable bonds is 7. The summed E-state index contributed by atoms with van der Waals surface area (Å²) in [4.78, 5) is 33.3. The predicted octanol–water partition coefficient (Wildman–Crippen LogP) is 4.62. The molecule has 11 nitrogen and oxygen atoms in total. The Hall–Kier alpha value is -4.43. The van der Waals surface area contributed by atoms with Gasteiger partial charge >= 0.3 is 6.18 Å². The van der Waals surface area contributed by atoms with Crippen LogP contribution in [-0.4, -0.2) is 51.4 Å². The van der Waals surface area contributed by atoms with E-state index in [1.165, 1.54) is 20.2 Å². The summed E-state index contributed by atoms with van der Waals surface area (Å²) < 4.78 is 61.0. The van der Waals surface area contributed by atoms with E-state index in [4.69, 9.17) is 14.2 Å². The fourth-order valence-corrected chi connectivity index (χ4v) is 4.66. The first-order chi connectivity index (χ1) is 19.5. The summed E-state index contributed by atoms with van der Waals surface area (Å²) >= 11 is 0. The number of hydrogen-bond acceptors (Lipinski definition) is 8. The van der Waals surface area contributed by atoms with Gasteiger partial charge < -0.3 is 34.0 Å². The van der Waals surface area contributed by atoms with Crippen LogP contribution in [-0.2, 0) is 27.5 Å². The molecule has 5 rings (SSSR count). The van der Waals surface area contributed by atoms with Crippen LogP contribution in [0.4, 0.5) is 30.6 Å². The maximum atomic E-state index is 13.9. The number of hydrogen-bond donors (Lipinski definition) is 2. The van der Waals surface area contributed by atoms with Crippen molar-refractivity contribution in [3.63, 3.8) is 0 Å². The fourth-order valence-electron chi connectivity index (χ4n) is 4.66. The smallest absolute Gasteiger partial charge is 0.417 e. The van der Waals surface area contributed by atoms with Gasteiger partial charge in [0.2, 0.25) is 11.9 Å². The highest BCUT2D eigenvalue weighted by atomic mass is 19.4. The minimum Gasteiger partial charge on any atom is -0.457 e. The van der Waals surface area contributed by atoms with E-state index in [-0.39, 0.29) is 24.1 Å².